The molecule has 0 aromatic heterocycles. The minimum absolute atomic E-state index is 0.624. The predicted octanol–water partition coefficient (Wildman–Crippen LogP) is 4.80. The maximum Gasteiger partial charge on any atom is 0.175 e. The Kier molecular flexibility index (Phi) is 6.69. The molecule has 3 rings (SSSR count). The Labute approximate surface area is 163 Å². The molecule has 26 heavy (non-hydrogen) atoms. The highest BCUT2D eigenvalue weighted by atomic mass is 79.9. The standard InChI is InChI=1S/C21H24BrNO3/c1-25-20-14-17(18-8-4-3-7-16(18)15-24)13-19(22)21(20)26-12-11-23-9-5-2-6-10-23/h3-4,7-8,13-15H,2,5-6,9-12H2,1H3. The average Bonchev–Trinajstić information content (AvgIpc) is 2.69. The third-order valence-electron chi connectivity index (χ3n) is 4.73. The van der Waals surface area contributed by atoms with Gasteiger partial charge in [-0.2, -0.15) is 0 Å². The van der Waals surface area contributed by atoms with E-state index in [1.807, 2.05) is 36.4 Å². The lowest BCUT2D eigenvalue weighted by atomic mass is 10.00. The van der Waals surface area contributed by atoms with Gasteiger partial charge in [-0.25, -0.2) is 0 Å². The van der Waals surface area contributed by atoms with Gasteiger partial charge in [-0.15, -0.1) is 0 Å². The molecule has 2 aromatic rings. The van der Waals surface area contributed by atoms with Crippen LogP contribution in [0.25, 0.3) is 11.1 Å². The Morgan fingerprint density at radius 3 is 2.65 bits per heavy atom. The van der Waals surface area contributed by atoms with Crippen molar-refractivity contribution in [2.75, 3.05) is 33.4 Å². The fraction of sp³-hybridized carbons (Fsp3) is 0.381. The molecule has 0 spiro atoms. The Morgan fingerprint density at radius 2 is 1.92 bits per heavy atom. The van der Waals surface area contributed by atoms with Crippen LogP contribution in [0.5, 0.6) is 11.5 Å². The molecule has 0 saturated carbocycles. The molecule has 0 N–H and O–H groups in total. The summed E-state index contributed by atoms with van der Waals surface area (Å²) in [6.07, 6.45) is 4.76. The number of carbonyl (C=O) groups excluding carboxylic acids is 1. The SMILES string of the molecule is COc1cc(-c2ccccc2C=O)cc(Br)c1OCCN1CCCCC1. The zero-order valence-corrected chi connectivity index (χ0v) is 16.6. The fourth-order valence-corrected chi connectivity index (χ4v) is 3.89. The highest BCUT2D eigenvalue weighted by Crippen LogP contribution is 2.40. The Hall–Kier alpha value is -1.85. The summed E-state index contributed by atoms with van der Waals surface area (Å²) >= 11 is 3.60. The van der Waals surface area contributed by atoms with Gasteiger partial charge in [0.05, 0.1) is 11.6 Å². The topological polar surface area (TPSA) is 38.8 Å². The molecule has 1 saturated heterocycles. The molecule has 0 bridgehead atoms. The molecular formula is C21H24BrNO3. The van der Waals surface area contributed by atoms with Gasteiger partial charge in [0.2, 0.25) is 0 Å². The van der Waals surface area contributed by atoms with Gasteiger partial charge in [-0.1, -0.05) is 30.7 Å². The third-order valence-corrected chi connectivity index (χ3v) is 5.32. The first-order valence-corrected chi connectivity index (χ1v) is 9.79. The van der Waals surface area contributed by atoms with Gasteiger partial charge in [-0.05, 0) is 65.1 Å². The van der Waals surface area contributed by atoms with Crippen LogP contribution >= 0.6 is 15.9 Å². The molecule has 0 unspecified atom stereocenters. The molecule has 1 fully saturated rings. The van der Waals surface area contributed by atoms with E-state index >= 15 is 0 Å². The largest absolute Gasteiger partial charge is 0.493 e. The number of carbonyl (C=O) groups is 1. The molecule has 4 nitrogen and oxygen atoms in total. The van der Waals surface area contributed by atoms with Crippen molar-refractivity contribution in [3.05, 3.63) is 46.4 Å². The summed E-state index contributed by atoms with van der Waals surface area (Å²) in [6, 6.07) is 11.4. The number of piperidine rings is 1. The number of halogens is 1. The summed E-state index contributed by atoms with van der Waals surface area (Å²) in [5, 5.41) is 0. The van der Waals surface area contributed by atoms with Crippen LogP contribution in [0.15, 0.2) is 40.9 Å². The number of hydrogen-bond donors (Lipinski definition) is 0. The summed E-state index contributed by atoms with van der Waals surface area (Å²) in [4.78, 5) is 13.8. The van der Waals surface area contributed by atoms with Crippen molar-refractivity contribution >= 4 is 22.2 Å². The maximum atomic E-state index is 11.3. The second-order valence-corrected chi connectivity index (χ2v) is 7.30. The summed E-state index contributed by atoms with van der Waals surface area (Å²) in [5.74, 6) is 1.37. The number of methoxy groups -OCH3 is 1. The number of benzene rings is 2. The van der Waals surface area contributed by atoms with Crippen molar-refractivity contribution in [3.63, 3.8) is 0 Å². The van der Waals surface area contributed by atoms with Gasteiger partial charge in [0.15, 0.2) is 17.8 Å². The van der Waals surface area contributed by atoms with Crippen LogP contribution in [0.1, 0.15) is 29.6 Å². The molecule has 138 valence electrons. The van der Waals surface area contributed by atoms with Gasteiger partial charge in [0.25, 0.3) is 0 Å². The van der Waals surface area contributed by atoms with Crippen LogP contribution in [0.2, 0.25) is 0 Å². The maximum absolute atomic E-state index is 11.3. The number of hydrogen-bond acceptors (Lipinski definition) is 4. The van der Waals surface area contributed by atoms with Crippen molar-refractivity contribution in [1.82, 2.24) is 4.90 Å². The van der Waals surface area contributed by atoms with E-state index in [1.54, 1.807) is 7.11 Å². The molecule has 5 heteroatoms. The number of nitrogens with zero attached hydrogens (tertiary/aromatic N) is 1. The molecular weight excluding hydrogens is 394 g/mol. The minimum Gasteiger partial charge on any atom is -0.493 e. The monoisotopic (exact) mass is 417 g/mol. The lowest BCUT2D eigenvalue weighted by Crippen LogP contribution is -2.33. The van der Waals surface area contributed by atoms with Gasteiger partial charge < -0.3 is 9.47 Å². The summed E-state index contributed by atoms with van der Waals surface area (Å²) < 4.78 is 12.4. The Balaban J connectivity index is 1.77. The Bertz CT molecular complexity index is 757. The number of aldehydes is 1. The molecule has 0 aliphatic carbocycles. The lowest BCUT2D eigenvalue weighted by molar-refractivity contribution is 0.112. The minimum atomic E-state index is 0.624. The second-order valence-electron chi connectivity index (χ2n) is 6.45. The van der Waals surface area contributed by atoms with Gasteiger partial charge in [-0.3, -0.25) is 9.69 Å². The smallest absolute Gasteiger partial charge is 0.175 e. The fourth-order valence-electron chi connectivity index (χ4n) is 3.34. The van der Waals surface area contributed by atoms with E-state index in [0.29, 0.717) is 23.7 Å². The van der Waals surface area contributed by atoms with Crippen LogP contribution in [-0.4, -0.2) is 44.5 Å². The predicted molar refractivity (Wildman–Crippen MR) is 107 cm³/mol. The van der Waals surface area contributed by atoms with Crippen LogP contribution in [0, 0.1) is 0 Å². The molecule has 0 amide bonds. The van der Waals surface area contributed by atoms with Crippen LogP contribution in [0.4, 0.5) is 0 Å². The lowest BCUT2D eigenvalue weighted by Gasteiger charge is -2.26. The highest BCUT2D eigenvalue weighted by molar-refractivity contribution is 9.10. The highest BCUT2D eigenvalue weighted by Gasteiger charge is 2.15. The Morgan fingerprint density at radius 1 is 1.15 bits per heavy atom. The van der Waals surface area contributed by atoms with Crippen molar-refractivity contribution in [1.29, 1.82) is 0 Å². The molecule has 1 heterocycles. The third kappa shape index (κ3) is 4.46. The first-order valence-electron chi connectivity index (χ1n) is 9.00. The number of rotatable bonds is 7. The van der Waals surface area contributed by atoms with Crippen molar-refractivity contribution < 1.29 is 14.3 Å². The first kappa shape index (κ1) is 18.9. The number of likely N-dealkylation sites (tertiary alicyclic amines) is 1. The van der Waals surface area contributed by atoms with Crippen LogP contribution in [-0.2, 0) is 0 Å². The van der Waals surface area contributed by atoms with E-state index in [-0.39, 0.29) is 0 Å². The quantitative estimate of drug-likeness (QED) is 0.606. The van der Waals surface area contributed by atoms with Crippen molar-refractivity contribution in [2.24, 2.45) is 0 Å². The van der Waals surface area contributed by atoms with Crippen molar-refractivity contribution in [2.45, 2.75) is 19.3 Å². The van der Waals surface area contributed by atoms with E-state index in [4.69, 9.17) is 9.47 Å². The normalized spacial score (nSPS) is 14.8. The van der Waals surface area contributed by atoms with Crippen molar-refractivity contribution in [3.8, 4) is 22.6 Å². The molecule has 2 aromatic carbocycles. The summed E-state index contributed by atoms with van der Waals surface area (Å²) in [5.41, 5.74) is 2.45. The zero-order valence-electron chi connectivity index (χ0n) is 15.0. The zero-order chi connectivity index (χ0) is 18.4. The van der Waals surface area contributed by atoms with E-state index < -0.39 is 0 Å². The second kappa shape index (κ2) is 9.19. The summed E-state index contributed by atoms with van der Waals surface area (Å²) in [7, 11) is 1.63. The van der Waals surface area contributed by atoms with Crippen LogP contribution < -0.4 is 9.47 Å². The van der Waals surface area contributed by atoms with Gasteiger partial charge in [0.1, 0.15) is 6.61 Å². The molecule has 1 aliphatic rings. The average molecular weight is 418 g/mol. The summed E-state index contributed by atoms with van der Waals surface area (Å²) in [6.45, 7) is 3.86. The molecule has 1 aliphatic heterocycles. The van der Waals surface area contributed by atoms with E-state index in [2.05, 4.69) is 20.8 Å². The van der Waals surface area contributed by atoms with E-state index in [0.717, 1.165) is 41.5 Å². The van der Waals surface area contributed by atoms with Crippen LogP contribution in [0.3, 0.4) is 0 Å². The van der Waals surface area contributed by atoms with Gasteiger partial charge >= 0.3 is 0 Å². The van der Waals surface area contributed by atoms with E-state index in [1.165, 1.54) is 19.3 Å². The molecule has 0 radical (unpaired) electrons. The van der Waals surface area contributed by atoms with E-state index in [9.17, 15) is 4.79 Å². The first-order chi connectivity index (χ1) is 12.7. The van der Waals surface area contributed by atoms with Gasteiger partial charge in [0, 0.05) is 12.1 Å². The molecule has 0 atom stereocenters. The number of ether oxygens (including phenoxy) is 2.